The van der Waals surface area contributed by atoms with Gasteiger partial charge in [-0.25, -0.2) is 0 Å². The SMILES string of the molecule is NCC(F)(F)F.O=C(CCl)NCC(F)(F)F.O=C(Cl)CCl. The van der Waals surface area contributed by atoms with Crippen LogP contribution in [0, 0.1) is 0 Å². The predicted octanol–water partition coefficient (Wildman–Crippen LogP) is 2.40. The maximum absolute atomic E-state index is 11.3. The van der Waals surface area contributed by atoms with Crippen molar-refractivity contribution in [1.29, 1.82) is 0 Å². The van der Waals surface area contributed by atoms with E-state index < -0.39 is 42.5 Å². The summed E-state index contributed by atoms with van der Waals surface area (Å²) >= 11 is 14.4. The zero-order valence-electron chi connectivity index (χ0n) is 10.1. The molecule has 0 heterocycles. The first-order chi connectivity index (χ1) is 9.29. The van der Waals surface area contributed by atoms with Crippen molar-refractivity contribution in [1.82, 2.24) is 5.32 Å². The van der Waals surface area contributed by atoms with Gasteiger partial charge in [-0.3, -0.25) is 9.59 Å². The minimum absolute atomic E-state index is 0.0957. The van der Waals surface area contributed by atoms with Crippen LogP contribution >= 0.6 is 34.8 Å². The molecule has 13 heteroatoms. The third-order valence-electron chi connectivity index (χ3n) is 0.944. The number of rotatable bonds is 3. The van der Waals surface area contributed by atoms with Crippen LogP contribution < -0.4 is 11.1 Å². The number of carbonyl (C=O) groups is 2. The van der Waals surface area contributed by atoms with Crippen LogP contribution in [0.2, 0.25) is 0 Å². The van der Waals surface area contributed by atoms with Crippen LogP contribution in [0.1, 0.15) is 0 Å². The number of alkyl halides is 8. The van der Waals surface area contributed by atoms with E-state index in [0.29, 0.717) is 0 Å². The van der Waals surface area contributed by atoms with Crippen molar-refractivity contribution < 1.29 is 35.9 Å². The first kappa shape index (κ1) is 25.5. The quantitative estimate of drug-likeness (QED) is 0.444. The van der Waals surface area contributed by atoms with Crippen LogP contribution in [0.4, 0.5) is 26.3 Å². The Labute approximate surface area is 130 Å². The Bertz CT molecular complexity index is 299. The first-order valence-electron chi connectivity index (χ1n) is 4.69. The van der Waals surface area contributed by atoms with Crippen LogP contribution in [0.15, 0.2) is 0 Å². The van der Waals surface area contributed by atoms with Gasteiger partial charge in [0.1, 0.15) is 12.4 Å². The number of nitrogens with one attached hydrogen (secondary N) is 1. The highest BCUT2D eigenvalue weighted by Gasteiger charge is 2.27. The van der Waals surface area contributed by atoms with Crippen LogP contribution in [0.3, 0.4) is 0 Å². The van der Waals surface area contributed by atoms with E-state index >= 15 is 0 Å². The molecule has 0 rings (SSSR count). The van der Waals surface area contributed by atoms with Crippen LogP contribution in [0.25, 0.3) is 0 Å². The van der Waals surface area contributed by atoms with Crippen molar-refractivity contribution in [3.05, 3.63) is 0 Å². The van der Waals surface area contributed by atoms with Gasteiger partial charge in [0.2, 0.25) is 11.1 Å². The summed E-state index contributed by atoms with van der Waals surface area (Å²) in [4.78, 5) is 19.6. The Morgan fingerprint density at radius 1 is 0.952 bits per heavy atom. The van der Waals surface area contributed by atoms with E-state index in [1.807, 2.05) is 0 Å². The van der Waals surface area contributed by atoms with Gasteiger partial charge in [-0.15, -0.1) is 23.2 Å². The molecule has 3 N–H and O–H groups in total. The third kappa shape index (κ3) is 38.2. The molecule has 0 aromatic carbocycles. The summed E-state index contributed by atoms with van der Waals surface area (Å²) in [5.74, 6) is -1.36. The van der Waals surface area contributed by atoms with Gasteiger partial charge in [-0.05, 0) is 11.6 Å². The average Bonchev–Trinajstić information content (AvgIpc) is 2.35. The second kappa shape index (κ2) is 13.2. The summed E-state index contributed by atoms with van der Waals surface area (Å²) < 4.78 is 65.9. The van der Waals surface area contributed by atoms with Gasteiger partial charge in [-0.2, -0.15) is 26.3 Å². The minimum Gasteiger partial charge on any atom is -0.346 e. The summed E-state index contributed by atoms with van der Waals surface area (Å²) in [6.45, 7) is -2.55. The van der Waals surface area contributed by atoms with E-state index in [2.05, 4.69) is 5.73 Å². The van der Waals surface area contributed by atoms with E-state index in [1.165, 1.54) is 0 Å². The van der Waals surface area contributed by atoms with Gasteiger partial charge in [0, 0.05) is 0 Å². The first-order valence-corrected chi connectivity index (χ1v) is 6.14. The van der Waals surface area contributed by atoms with Gasteiger partial charge in [0.25, 0.3) is 0 Å². The van der Waals surface area contributed by atoms with Gasteiger partial charge in [-0.1, -0.05) is 0 Å². The predicted molar refractivity (Wildman–Crippen MR) is 66.5 cm³/mol. The zero-order chi connectivity index (χ0) is 17.7. The van der Waals surface area contributed by atoms with E-state index in [0.717, 1.165) is 0 Å². The van der Waals surface area contributed by atoms with Crippen molar-refractivity contribution >= 4 is 46.0 Å². The van der Waals surface area contributed by atoms with Gasteiger partial charge in [0.15, 0.2) is 0 Å². The molecule has 0 atom stereocenters. The smallest absolute Gasteiger partial charge is 0.346 e. The van der Waals surface area contributed by atoms with Crippen LogP contribution in [0.5, 0.6) is 0 Å². The lowest BCUT2D eigenvalue weighted by Gasteiger charge is -2.05. The topological polar surface area (TPSA) is 72.2 Å². The molecular weight excluding hydrogens is 376 g/mol. The van der Waals surface area contributed by atoms with Crippen LogP contribution in [-0.4, -0.2) is 48.4 Å². The van der Waals surface area contributed by atoms with Crippen molar-refractivity contribution in [2.75, 3.05) is 24.8 Å². The van der Waals surface area contributed by atoms with E-state index in [9.17, 15) is 35.9 Å². The Morgan fingerprint density at radius 3 is 1.43 bits per heavy atom. The average molecular weight is 388 g/mol. The number of nitrogens with two attached hydrogens (primary N) is 1. The Morgan fingerprint density at radius 2 is 1.29 bits per heavy atom. The fourth-order valence-electron chi connectivity index (χ4n) is 0.246. The van der Waals surface area contributed by atoms with Crippen molar-refractivity contribution in [2.24, 2.45) is 5.73 Å². The fourth-order valence-corrected chi connectivity index (χ4v) is 0.341. The maximum atomic E-state index is 11.3. The fraction of sp³-hybridized carbons (Fsp3) is 0.750. The lowest BCUT2D eigenvalue weighted by molar-refractivity contribution is -0.137. The van der Waals surface area contributed by atoms with Gasteiger partial charge < -0.3 is 11.1 Å². The second-order valence-electron chi connectivity index (χ2n) is 2.83. The zero-order valence-corrected chi connectivity index (χ0v) is 12.4. The monoisotopic (exact) mass is 386 g/mol. The molecule has 0 bridgehead atoms. The number of carbonyl (C=O) groups excluding carboxylic acids is 2. The maximum Gasteiger partial charge on any atom is 0.405 e. The van der Waals surface area contributed by atoms with Crippen molar-refractivity contribution in [2.45, 2.75) is 12.4 Å². The Hall–Kier alpha value is -0.450. The molecule has 0 unspecified atom stereocenters. The second-order valence-corrected chi connectivity index (χ2v) is 3.79. The normalized spacial score (nSPS) is 10.6. The minimum atomic E-state index is -4.36. The third-order valence-corrected chi connectivity index (χ3v) is 1.70. The number of amides is 1. The summed E-state index contributed by atoms with van der Waals surface area (Å²) in [5.41, 5.74) is 4.18. The van der Waals surface area contributed by atoms with E-state index in [4.69, 9.17) is 34.8 Å². The van der Waals surface area contributed by atoms with Crippen LogP contribution in [-0.2, 0) is 9.59 Å². The molecular formula is C8H11Cl3F6N2O2. The lowest BCUT2D eigenvalue weighted by Crippen LogP contribution is -2.34. The molecule has 0 aliphatic heterocycles. The summed E-state index contributed by atoms with van der Waals surface area (Å²) in [6, 6.07) is 0. The Kier molecular flexibility index (Phi) is 16.1. The molecule has 0 aromatic heterocycles. The molecule has 0 radical (unpaired) electrons. The largest absolute Gasteiger partial charge is 0.405 e. The van der Waals surface area contributed by atoms with E-state index in [-0.39, 0.29) is 5.88 Å². The standard InChI is InChI=1S/C4H5ClF3NO.C2H2Cl2O.C2H4F3N/c5-1-3(10)9-2-4(6,7)8;3-1-2(4)5;3-2(4,5)1-6/h1-2H2,(H,9,10);1H2;1,6H2. The van der Waals surface area contributed by atoms with Crippen molar-refractivity contribution in [3.63, 3.8) is 0 Å². The molecule has 0 spiro atoms. The highest BCUT2D eigenvalue weighted by Crippen LogP contribution is 2.12. The Balaban J connectivity index is -0.000000252. The molecule has 21 heavy (non-hydrogen) atoms. The molecule has 0 aliphatic rings. The van der Waals surface area contributed by atoms with E-state index in [1.54, 1.807) is 5.32 Å². The lowest BCUT2D eigenvalue weighted by atomic mass is 10.6. The summed E-state index contributed by atoms with van der Waals surface area (Å²) in [5, 5.41) is 1.07. The molecule has 0 aliphatic carbocycles. The molecule has 0 saturated heterocycles. The van der Waals surface area contributed by atoms with Gasteiger partial charge in [0.05, 0.1) is 12.4 Å². The molecule has 128 valence electrons. The molecule has 0 fully saturated rings. The molecule has 4 nitrogen and oxygen atoms in total. The molecule has 0 saturated carbocycles. The summed E-state index contributed by atoms with van der Waals surface area (Å²) in [6.07, 6.45) is -8.54. The summed E-state index contributed by atoms with van der Waals surface area (Å²) in [7, 11) is 0. The molecule has 1 amide bonds. The highest BCUT2D eigenvalue weighted by atomic mass is 35.5. The molecule has 0 aromatic rings. The van der Waals surface area contributed by atoms with Gasteiger partial charge >= 0.3 is 12.4 Å². The highest BCUT2D eigenvalue weighted by molar-refractivity contribution is 6.67. The number of hydrogen-bond acceptors (Lipinski definition) is 3. The number of halogens is 9. The number of hydrogen-bond donors (Lipinski definition) is 2. The van der Waals surface area contributed by atoms with Crippen molar-refractivity contribution in [3.8, 4) is 0 Å².